The molecule has 0 bridgehead atoms. The van der Waals surface area contributed by atoms with Crippen LogP contribution in [0.1, 0.15) is 43.1 Å². The van der Waals surface area contributed by atoms with E-state index in [4.69, 9.17) is 9.72 Å². The zero-order chi connectivity index (χ0) is 26.6. The smallest absolute Gasteiger partial charge is 0.410 e. The molecule has 4 rings (SSSR count). The van der Waals surface area contributed by atoms with Crippen molar-refractivity contribution < 1.29 is 14.3 Å². The maximum Gasteiger partial charge on any atom is 0.410 e. The van der Waals surface area contributed by atoms with Gasteiger partial charge in [-0.3, -0.25) is 9.69 Å². The molecule has 9 nitrogen and oxygen atoms in total. The summed E-state index contributed by atoms with van der Waals surface area (Å²) in [5.41, 5.74) is 2.09. The Bertz CT molecular complexity index is 1260. The maximum atomic E-state index is 12.2. The van der Waals surface area contributed by atoms with Crippen LogP contribution in [-0.4, -0.2) is 83.7 Å². The molecule has 198 valence electrons. The number of hydrogen-bond acceptors (Lipinski definition) is 8. The summed E-state index contributed by atoms with van der Waals surface area (Å²) in [5, 5.41) is 7.12. The molecule has 37 heavy (non-hydrogen) atoms. The summed E-state index contributed by atoms with van der Waals surface area (Å²) in [6.07, 6.45) is 2.57. The quantitative estimate of drug-likeness (QED) is 0.443. The number of hydrogen-bond donors (Lipinski definition) is 2. The highest BCUT2D eigenvalue weighted by Gasteiger charge is 2.25. The summed E-state index contributed by atoms with van der Waals surface area (Å²) >= 11 is 1.63. The van der Waals surface area contributed by atoms with E-state index in [0.29, 0.717) is 24.6 Å². The van der Waals surface area contributed by atoms with Crippen molar-refractivity contribution in [3.05, 3.63) is 41.6 Å². The second-order valence-electron chi connectivity index (χ2n) is 10.3. The fourth-order valence-corrected chi connectivity index (χ4v) is 5.35. The number of nitrogens with one attached hydrogen (secondary N) is 2. The number of thiophene rings is 1. The highest BCUT2D eigenvalue weighted by molar-refractivity contribution is 7.22. The highest BCUT2D eigenvalue weighted by Crippen LogP contribution is 2.34. The minimum Gasteiger partial charge on any atom is -0.444 e. The first-order chi connectivity index (χ1) is 17.6. The summed E-state index contributed by atoms with van der Waals surface area (Å²) in [5.74, 6) is 0.519. The molecule has 3 heterocycles. The predicted octanol–water partition coefficient (Wildman–Crippen LogP) is 4.38. The van der Waals surface area contributed by atoms with Crippen molar-refractivity contribution in [3.8, 4) is 10.6 Å². The summed E-state index contributed by atoms with van der Waals surface area (Å²) in [6, 6.07) is 7.85. The third-order valence-electron chi connectivity index (χ3n) is 6.17. The number of anilines is 1. The summed E-state index contributed by atoms with van der Waals surface area (Å²) in [6.45, 7) is 12.4. The van der Waals surface area contributed by atoms with E-state index in [9.17, 15) is 9.59 Å². The molecule has 0 spiro atoms. The normalized spacial score (nSPS) is 14.6. The molecule has 0 saturated carbocycles. The molecule has 1 aromatic carbocycles. The number of piperazine rings is 1. The first-order valence-corrected chi connectivity index (χ1v) is 13.5. The van der Waals surface area contributed by atoms with Crippen molar-refractivity contribution in [3.63, 3.8) is 0 Å². The second kappa shape index (κ2) is 11.4. The van der Waals surface area contributed by atoms with Gasteiger partial charge in [0.15, 0.2) is 0 Å². The van der Waals surface area contributed by atoms with E-state index in [0.717, 1.165) is 58.8 Å². The van der Waals surface area contributed by atoms with Crippen LogP contribution in [0, 0.1) is 6.92 Å². The van der Waals surface area contributed by atoms with Crippen LogP contribution in [0.2, 0.25) is 0 Å². The van der Waals surface area contributed by atoms with Crippen molar-refractivity contribution >= 4 is 39.4 Å². The van der Waals surface area contributed by atoms with Crippen molar-refractivity contribution in [2.45, 2.75) is 39.7 Å². The minimum absolute atomic E-state index is 0.0912. The molecule has 0 aliphatic carbocycles. The lowest BCUT2D eigenvalue weighted by atomic mass is 10.1. The molecule has 1 fully saturated rings. The van der Waals surface area contributed by atoms with E-state index in [1.54, 1.807) is 23.3 Å². The van der Waals surface area contributed by atoms with Crippen LogP contribution in [0.5, 0.6) is 0 Å². The minimum atomic E-state index is -0.467. The number of rotatable bonds is 7. The number of fused-ring (bicyclic) bond motifs is 1. The van der Waals surface area contributed by atoms with Crippen LogP contribution in [0.15, 0.2) is 30.5 Å². The zero-order valence-corrected chi connectivity index (χ0v) is 23.1. The average Bonchev–Trinajstić information content (AvgIpc) is 3.29. The molecule has 0 unspecified atom stereocenters. The van der Waals surface area contributed by atoms with Gasteiger partial charge >= 0.3 is 6.09 Å². The van der Waals surface area contributed by atoms with Crippen LogP contribution in [0.4, 0.5) is 10.7 Å². The van der Waals surface area contributed by atoms with Crippen molar-refractivity contribution in [2.75, 3.05) is 51.6 Å². The molecule has 2 N–H and O–H groups in total. The lowest BCUT2D eigenvalue weighted by molar-refractivity contribution is 0.0145. The van der Waals surface area contributed by atoms with Gasteiger partial charge in [-0.05, 0) is 69.8 Å². The lowest BCUT2D eigenvalue weighted by Gasteiger charge is -2.35. The van der Waals surface area contributed by atoms with Gasteiger partial charge in [0.25, 0.3) is 5.91 Å². The first-order valence-electron chi connectivity index (χ1n) is 12.7. The van der Waals surface area contributed by atoms with E-state index in [1.807, 2.05) is 52.1 Å². The number of benzene rings is 1. The Kier molecular flexibility index (Phi) is 8.29. The topological polar surface area (TPSA) is 99.7 Å². The van der Waals surface area contributed by atoms with Crippen molar-refractivity contribution in [2.24, 2.45) is 0 Å². The second-order valence-corrected chi connectivity index (χ2v) is 11.3. The molecule has 1 saturated heterocycles. The van der Waals surface area contributed by atoms with E-state index in [2.05, 4.69) is 26.6 Å². The van der Waals surface area contributed by atoms with Gasteiger partial charge in [-0.2, -0.15) is 0 Å². The fraction of sp³-hybridized carbons (Fsp3) is 0.481. The third kappa shape index (κ3) is 6.95. The number of aryl methyl sites for hydroxylation is 1. The molecular weight excluding hydrogens is 488 g/mol. The van der Waals surface area contributed by atoms with Gasteiger partial charge < -0.3 is 20.3 Å². The number of amides is 2. The molecule has 1 aliphatic rings. The monoisotopic (exact) mass is 524 g/mol. The number of carbonyl (C=O) groups excluding carboxylic acids is 2. The molecular formula is C27H36N6O3S. The lowest BCUT2D eigenvalue weighted by Crippen LogP contribution is -2.50. The number of carbonyl (C=O) groups is 2. The van der Waals surface area contributed by atoms with E-state index in [1.165, 1.54) is 0 Å². The van der Waals surface area contributed by atoms with Crippen LogP contribution >= 0.6 is 11.3 Å². The average molecular weight is 525 g/mol. The summed E-state index contributed by atoms with van der Waals surface area (Å²) in [4.78, 5) is 38.7. The summed E-state index contributed by atoms with van der Waals surface area (Å²) in [7, 11) is 1.64. The largest absolute Gasteiger partial charge is 0.444 e. The molecule has 2 aromatic heterocycles. The maximum absolute atomic E-state index is 12.2. The van der Waals surface area contributed by atoms with Gasteiger partial charge in [0.1, 0.15) is 5.60 Å². The Balaban J connectivity index is 1.29. The van der Waals surface area contributed by atoms with Gasteiger partial charge in [-0.15, -0.1) is 11.3 Å². The van der Waals surface area contributed by atoms with Crippen LogP contribution in [0.25, 0.3) is 20.7 Å². The molecule has 2 amide bonds. The molecule has 10 heteroatoms. The van der Waals surface area contributed by atoms with Gasteiger partial charge in [0.05, 0.1) is 10.6 Å². The zero-order valence-electron chi connectivity index (χ0n) is 22.3. The number of ether oxygens (including phenoxy) is 1. The molecule has 1 aliphatic heterocycles. The van der Waals surface area contributed by atoms with E-state index < -0.39 is 5.60 Å². The third-order valence-corrected chi connectivity index (χ3v) is 7.28. The van der Waals surface area contributed by atoms with E-state index in [-0.39, 0.29) is 12.0 Å². The SMILES string of the molecule is CNC(=O)c1ccc2cc(-c3nc(NCCCN4CCN(C(=O)OC(C)(C)C)CC4)ncc3C)sc2c1. The van der Waals surface area contributed by atoms with Crippen molar-refractivity contribution in [1.29, 1.82) is 0 Å². The van der Waals surface area contributed by atoms with Crippen molar-refractivity contribution in [1.82, 2.24) is 25.1 Å². The van der Waals surface area contributed by atoms with Crippen LogP contribution < -0.4 is 10.6 Å². The van der Waals surface area contributed by atoms with Gasteiger partial charge in [-0.25, -0.2) is 14.8 Å². The number of aromatic nitrogens is 2. The van der Waals surface area contributed by atoms with E-state index >= 15 is 0 Å². The van der Waals surface area contributed by atoms with Crippen LogP contribution in [-0.2, 0) is 4.74 Å². The van der Waals surface area contributed by atoms with Gasteiger partial charge in [-0.1, -0.05) is 6.07 Å². The Morgan fingerprint density at radius 2 is 1.89 bits per heavy atom. The molecule has 0 atom stereocenters. The highest BCUT2D eigenvalue weighted by atomic mass is 32.1. The van der Waals surface area contributed by atoms with Gasteiger partial charge in [0.2, 0.25) is 5.95 Å². The Labute approximate surface area is 222 Å². The predicted molar refractivity (Wildman–Crippen MR) is 148 cm³/mol. The Hall–Kier alpha value is -3.24. The Morgan fingerprint density at radius 3 is 2.59 bits per heavy atom. The number of nitrogens with zero attached hydrogens (tertiary/aromatic N) is 4. The molecule has 3 aromatic rings. The molecule has 0 radical (unpaired) electrons. The van der Waals surface area contributed by atoms with Gasteiger partial charge in [0, 0.05) is 56.2 Å². The fourth-order valence-electron chi connectivity index (χ4n) is 4.19. The summed E-state index contributed by atoms with van der Waals surface area (Å²) < 4.78 is 6.53. The van der Waals surface area contributed by atoms with Crippen LogP contribution in [0.3, 0.4) is 0 Å². The standard InChI is InChI=1S/C27H36N6O3S/c1-18-17-30-25(29-9-6-10-32-11-13-33(14-12-32)26(35)36-27(2,3)4)31-23(18)22-15-19-7-8-20(24(34)28-5)16-21(19)37-22/h7-8,15-17H,6,9-14H2,1-5H3,(H,28,34)(H,29,30,31). The Morgan fingerprint density at radius 1 is 1.14 bits per heavy atom. The first kappa shape index (κ1) is 26.8.